The molecule has 2 aromatic heterocycles. The van der Waals surface area contributed by atoms with Crippen molar-refractivity contribution < 1.29 is 9.90 Å². The SMILES string of the molecule is O=C(O)C(c1ccc[nH]1)N1CCN(c2ncccn2)CC1. The van der Waals surface area contributed by atoms with Gasteiger partial charge in [-0.15, -0.1) is 0 Å². The molecule has 0 bridgehead atoms. The van der Waals surface area contributed by atoms with Crippen molar-refractivity contribution in [3.63, 3.8) is 0 Å². The van der Waals surface area contributed by atoms with Gasteiger partial charge in [0.1, 0.15) is 6.04 Å². The average molecular weight is 287 g/mol. The average Bonchev–Trinajstić information content (AvgIpc) is 3.03. The van der Waals surface area contributed by atoms with E-state index in [2.05, 4.69) is 19.9 Å². The van der Waals surface area contributed by atoms with Crippen LogP contribution in [0.1, 0.15) is 11.7 Å². The molecule has 7 heteroatoms. The molecular formula is C14H17N5O2. The number of piperazine rings is 1. The number of hydrogen-bond donors (Lipinski definition) is 2. The highest BCUT2D eigenvalue weighted by atomic mass is 16.4. The van der Waals surface area contributed by atoms with Crippen molar-refractivity contribution in [2.75, 3.05) is 31.1 Å². The Kier molecular flexibility index (Phi) is 3.83. The van der Waals surface area contributed by atoms with E-state index < -0.39 is 12.0 Å². The number of carbonyl (C=O) groups is 1. The van der Waals surface area contributed by atoms with Crippen LogP contribution in [0.4, 0.5) is 5.95 Å². The van der Waals surface area contributed by atoms with Gasteiger partial charge in [0.2, 0.25) is 5.95 Å². The predicted octanol–water partition coefficient (Wildman–Crippen LogP) is 0.753. The first kappa shape index (κ1) is 13.6. The number of aromatic nitrogens is 3. The molecule has 1 unspecified atom stereocenters. The fourth-order valence-electron chi connectivity index (χ4n) is 2.63. The van der Waals surface area contributed by atoms with E-state index in [0.29, 0.717) is 37.8 Å². The van der Waals surface area contributed by atoms with Crippen molar-refractivity contribution in [1.82, 2.24) is 19.9 Å². The van der Waals surface area contributed by atoms with Crippen molar-refractivity contribution in [1.29, 1.82) is 0 Å². The summed E-state index contributed by atoms with van der Waals surface area (Å²) in [5, 5.41) is 9.48. The first-order valence-electron chi connectivity index (χ1n) is 6.88. The van der Waals surface area contributed by atoms with Crippen molar-refractivity contribution in [2.24, 2.45) is 0 Å². The molecule has 3 heterocycles. The molecule has 7 nitrogen and oxygen atoms in total. The molecule has 2 N–H and O–H groups in total. The third-order valence-electron chi connectivity index (χ3n) is 3.66. The predicted molar refractivity (Wildman–Crippen MR) is 77.0 cm³/mol. The number of nitrogens with one attached hydrogen (secondary N) is 1. The van der Waals surface area contributed by atoms with Crippen LogP contribution in [0.5, 0.6) is 0 Å². The van der Waals surface area contributed by atoms with E-state index in [1.807, 2.05) is 17.0 Å². The lowest BCUT2D eigenvalue weighted by molar-refractivity contribution is -0.143. The Morgan fingerprint density at radius 3 is 2.48 bits per heavy atom. The molecule has 3 rings (SSSR count). The maximum absolute atomic E-state index is 11.5. The molecular weight excluding hydrogens is 270 g/mol. The Morgan fingerprint density at radius 2 is 1.90 bits per heavy atom. The van der Waals surface area contributed by atoms with Gasteiger partial charge in [0, 0.05) is 50.5 Å². The first-order chi connectivity index (χ1) is 10.3. The molecule has 1 aliphatic heterocycles. The Morgan fingerprint density at radius 1 is 1.19 bits per heavy atom. The lowest BCUT2D eigenvalue weighted by atomic mass is 10.1. The second-order valence-electron chi connectivity index (χ2n) is 4.94. The van der Waals surface area contributed by atoms with E-state index in [-0.39, 0.29) is 0 Å². The fraction of sp³-hybridized carbons (Fsp3) is 0.357. The maximum Gasteiger partial charge on any atom is 0.327 e. The second kappa shape index (κ2) is 5.92. The minimum absolute atomic E-state index is 0.626. The zero-order valence-electron chi connectivity index (χ0n) is 11.5. The zero-order valence-corrected chi connectivity index (χ0v) is 11.5. The maximum atomic E-state index is 11.5. The molecule has 1 aliphatic rings. The van der Waals surface area contributed by atoms with Crippen LogP contribution in [0.25, 0.3) is 0 Å². The Bertz CT molecular complexity index is 579. The van der Waals surface area contributed by atoms with Crippen LogP contribution in [-0.2, 0) is 4.79 Å². The van der Waals surface area contributed by atoms with Crippen molar-refractivity contribution in [3.05, 3.63) is 42.5 Å². The van der Waals surface area contributed by atoms with Gasteiger partial charge in [-0.3, -0.25) is 9.69 Å². The van der Waals surface area contributed by atoms with Gasteiger partial charge >= 0.3 is 5.97 Å². The molecule has 1 atom stereocenters. The molecule has 0 aromatic carbocycles. The summed E-state index contributed by atoms with van der Waals surface area (Å²) in [7, 11) is 0. The highest BCUT2D eigenvalue weighted by Gasteiger charge is 2.31. The molecule has 0 aliphatic carbocycles. The molecule has 0 radical (unpaired) electrons. The Balaban J connectivity index is 1.68. The molecule has 0 amide bonds. The van der Waals surface area contributed by atoms with Gasteiger partial charge in [-0.25, -0.2) is 9.97 Å². The van der Waals surface area contributed by atoms with Gasteiger partial charge < -0.3 is 15.0 Å². The number of hydrogen-bond acceptors (Lipinski definition) is 5. The molecule has 21 heavy (non-hydrogen) atoms. The van der Waals surface area contributed by atoms with E-state index in [1.54, 1.807) is 24.7 Å². The quantitative estimate of drug-likeness (QED) is 0.863. The van der Waals surface area contributed by atoms with E-state index in [1.165, 1.54) is 0 Å². The van der Waals surface area contributed by atoms with Crippen LogP contribution in [-0.4, -0.2) is 57.1 Å². The topological polar surface area (TPSA) is 85.4 Å². The van der Waals surface area contributed by atoms with Gasteiger partial charge in [0.15, 0.2) is 0 Å². The smallest absolute Gasteiger partial charge is 0.327 e. The van der Waals surface area contributed by atoms with Crippen LogP contribution >= 0.6 is 0 Å². The van der Waals surface area contributed by atoms with Crippen molar-refractivity contribution >= 4 is 11.9 Å². The summed E-state index contributed by atoms with van der Waals surface area (Å²) < 4.78 is 0. The number of carboxylic acid groups (broad SMARTS) is 1. The third kappa shape index (κ3) is 2.87. The van der Waals surface area contributed by atoms with Gasteiger partial charge in [0.05, 0.1) is 0 Å². The molecule has 110 valence electrons. The normalized spacial score (nSPS) is 17.6. The van der Waals surface area contributed by atoms with Gasteiger partial charge in [-0.2, -0.15) is 0 Å². The lowest BCUT2D eigenvalue weighted by Gasteiger charge is -2.37. The van der Waals surface area contributed by atoms with Crippen LogP contribution in [0.15, 0.2) is 36.8 Å². The van der Waals surface area contributed by atoms with Gasteiger partial charge in [-0.05, 0) is 18.2 Å². The molecule has 0 saturated carbocycles. The monoisotopic (exact) mass is 287 g/mol. The first-order valence-corrected chi connectivity index (χ1v) is 6.88. The number of rotatable bonds is 4. The molecule has 1 saturated heterocycles. The van der Waals surface area contributed by atoms with Gasteiger partial charge in [0.25, 0.3) is 0 Å². The summed E-state index contributed by atoms with van der Waals surface area (Å²) in [6.07, 6.45) is 5.18. The highest BCUT2D eigenvalue weighted by Crippen LogP contribution is 2.22. The summed E-state index contributed by atoms with van der Waals surface area (Å²) in [6, 6.07) is 4.79. The second-order valence-corrected chi connectivity index (χ2v) is 4.94. The molecule has 2 aromatic rings. The zero-order chi connectivity index (χ0) is 14.7. The van der Waals surface area contributed by atoms with E-state index in [9.17, 15) is 9.90 Å². The van der Waals surface area contributed by atoms with Crippen molar-refractivity contribution in [2.45, 2.75) is 6.04 Å². The number of carboxylic acids is 1. The summed E-state index contributed by atoms with van der Waals surface area (Å²) in [6.45, 7) is 2.76. The molecule has 1 fully saturated rings. The standard InChI is InChI=1S/C14H17N5O2/c20-13(21)12(11-3-1-4-15-11)18-7-9-19(10-8-18)14-16-5-2-6-17-14/h1-6,12,15H,7-10H2,(H,20,21). The largest absolute Gasteiger partial charge is 0.480 e. The summed E-state index contributed by atoms with van der Waals surface area (Å²) in [4.78, 5) is 27.0. The van der Waals surface area contributed by atoms with Crippen LogP contribution in [0.2, 0.25) is 0 Å². The third-order valence-corrected chi connectivity index (χ3v) is 3.66. The Labute approximate surface area is 122 Å². The summed E-state index contributed by atoms with van der Waals surface area (Å²) in [5.74, 6) is -0.134. The minimum atomic E-state index is -0.832. The minimum Gasteiger partial charge on any atom is -0.480 e. The number of aromatic amines is 1. The number of H-pyrrole nitrogens is 1. The van der Waals surface area contributed by atoms with E-state index >= 15 is 0 Å². The van der Waals surface area contributed by atoms with Gasteiger partial charge in [-0.1, -0.05) is 0 Å². The van der Waals surface area contributed by atoms with Crippen LogP contribution in [0, 0.1) is 0 Å². The highest BCUT2D eigenvalue weighted by molar-refractivity contribution is 5.75. The summed E-state index contributed by atoms with van der Waals surface area (Å²) >= 11 is 0. The van der Waals surface area contributed by atoms with Crippen LogP contribution < -0.4 is 4.90 Å². The number of aliphatic carboxylic acids is 1. The van der Waals surface area contributed by atoms with E-state index in [4.69, 9.17) is 0 Å². The molecule has 0 spiro atoms. The van der Waals surface area contributed by atoms with Crippen LogP contribution in [0.3, 0.4) is 0 Å². The summed E-state index contributed by atoms with van der Waals surface area (Å²) in [5.41, 5.74) is 0.715. The number of anilines is 1. The Hall–Kier alpha value is -2.41. The number of nitrogens with zero attached hydrogens (tertiary/aromatic N) is 4. The van der Waals surface area contributed by atoms with E-state index in [0.717, 1.165) is 0 Å². The van der Waals surface area contributed by atoms with Crippen molar-refractivity contribution in [3.8, 4) is 0 Å². The fourth-order valence-corrected chi connectivity index (χ4v) is 2.63. The lowest BCUT2D eigenvalue weighted by Crippen LogP contribution is -2.49.